The topological polar surface area (TPSA) is 75.9 Å². The SMILES string of the molecule is Cc1nc(NN)c(C)c(NC2C(C)(C)C2(C)C)n1. The van der Waals surface area contributed by atoms with Gasteiger partial charge in [0.25, 0.3) is 0 Å². The van der Waals surface area contributed by atoms with Gasteiger partial charge in [0.15, 0.2) is 0 Å². The Morgan fingerprint density at radius 1 is 1.00 bits per heavy atom. The number of aryl methyl sites for hydroxylation is 1. The third-order valence-corrected chi connectivity index (χ3v) is 4.70. The van der Waals surface area contributed by atoms with Gasteiger partial charge >= 0.3 is 0 Å². The molecule has 1 fully saturated rings. The zero-order chi connectivity index (χ0) is 13.7. The minimum absolute atomic E-state index is 0.272. The Hall–Kier alpha value is -1.36. The average Bonchev–Trinajstić information content (AvgIpc) is 2.65. The van der Waals surface area contributed by atoms with E-state index in [4.69, 9.17) is 5.84 Å². The molecule has 1 aliphatic rings. The summed E-state index contributed by atoms with van der Waals surface area (Å²) in [4.78, 5) is 8.74. The second kappa shape index (κ2) is 3.82. The van der Waals surface area contributed by atoms with Gasteiger partial charge in [0, 0.05) is 11.6 Å². The molecule has 0 saturated heterocycles. The number of anilines is 2. The fourth-order valence-corrected chi connectivity index (χ4v) is 2.60. The van der Waals surface area contributed by atoms with Crippen molar-refractivity contribution in [1.29, 1.82) is 0 Å². The van der Waals surface area contributed by atoms with Gasteiger partial charge in [-0.2, -0.15) is 0 Å². The predicted molar refractivity (Wildman–Crippen MR) is 74.3 cm³/mol. The maximum atomic E-state index is 5.47. The summed E-state index contributed by atoms with van der Waals surface area (Å²) < 4.78 is 0. The number of rotatable bonds is 3. The van der Waals surface area contributed by atoms with E-state index in [1.54, 1.807) is 0 Å². The molecule has 2 rings (SSSR count). The number of nitrogen functional groups attached to an aromatic ring is 1. The minimum Gasteiger partial charge on any atom is -0.366 e. The zero-order valence-corrected chi connectivity index (χ0v) is 12.0. The average molecular weight is 249 g/mol. The molecule has 100 valence electrons. The van der Waals surface area contributed by atoms with Gasteiger partial charge in [-0.3, -0.25) is 0 Å². The molecule has 0 amide bonds. The van der Waals surface area contributed by atoms with E-state index in [0.717, 1.165) is 11.4 Å². The van der Waals surface area contributed by atoms with Gasteiger partial charge in [0.2, 0.25) is 0 Å². The van der Waals surface area contributed by atoms with Crippen LogP contribution in [0.2, 0.25) is 0 Å². The number of hydrazine groups is 1. The molecule has 0 unspecified atom stereocenters. The van der Waals surface area contributed by atoms with Crippen LogP contribution in [0.5, 0.6) is 0 Å². The van der Waals surface area contributed by atoms with E-state index in [0.29, 0.717) is 17.7 Å². The van der Waals surface area contributed by atoms with Crippen LogP contribution in [-0.2, 0) is 0 Å². The molecular formula is C13H23N5. The highest BCUT2D eigenvalue weighted by Crippen LogP contribution is 2.63. The smallest absolute Gasteiger partial charge is 0.148 e. The molecule has 0 spiro atoms. The van der Waals surface area contributed by atoms with Gasteiger partial charge < -0.3 is 10.7 Å². The third kappa shape index (κ3) is 1.73. The maximum absolute atomic E-state index is 5.47. The first kappa shape index (κ1) is 13.1. The predicted octanol–water partition coefficient (Wildman–Crippen LogP) is 2.23. The summed E-state index contributed by atoms with van der Waals surface area (Å²) in [6.07, 6.45) is 0. The summed E-state index contributed by atoms with van der Waals surface area (Å²) >= 11 is 0. The summed E-state index contributed by atoms with van der Waals surface area (Å²) in [5, 5.41) is 3.53. The van der Waals surface area contributed by atoms with E-state index in [2.05, 4.69) is 48.4 Å². The van der Waals surface area contributed by atoms with Crippen LogP contribution in [-0.4, -0.2) is 16.0 Å². The zero-order valence-electron chi connectivity index (χ0n) is 12.0. The van der Waals surface area contributed by atoms with Crippen molar-refractivity contribution in [2.45, 2.75) is 47.6 Å². The van der Waals surface area contributed by atoms with Gasteiger partial charge in [-0.25, -0.2) is 15.8 Å². The molecule has 5 nitrogen and oxygen atoms in total. The number of nitrogens with one attached hydrogen (secondary N) is 2. The summed E-state index contributed by atoms with van der Waals surface area (Å²) in [6.45, 7) is 12.9. The highest BCUT2D eigenvalue weighted by atomic mass is 15.3. The molecule has 1 heterocycles. The molecule has 4 N–H and O–H groups in total. The lowest BCUT2D eigenvalue weighted by molar-refractivity contribution is 0.457. The Balaban J connectivity index is 2.29. The van der Waals surface area contributed by atoms with Crippen LogP contribution in [0.1, 0.15) is 39.1 Å². The molecule has 1 aromatic rings. The van der Waals surface area contributed by atoms with Crippen LogP contribution in [0.15, 0.2) is 0 Å². The highest BCUT2D eigenvalue weighted by molar-refractivity contribution is 5.58. The highest BCUT2D eigenvalue weighted by Gasteiger charge is 2.65. The normalized spacial score (nSPS) is 20.6. The Bertz CT molecular complexity index is 465. The Labute approximate surface area is 109 Å². The van der Waals surface area contributed by atoms with Gasteiger partial charge in [-0.15, -0.1) is 0 Å². The fraction of sp³-hybridized carbons (Fsp3) is 0.692. The van der Waals surface area contributed by atoms with Crippen LogP contribution in [0, 0.1) is 24.7 Å². The minimum atomic E-state index is 0.272. The van der Waals surface area contributed by atoms with E-state index < -0.39 is 0 Å². The Morgan fingerprint density at radius 3 is 1.94 bits per heavy atom. The van der Waals surface area contributed by atoms with Crippen molar-refractivity contribution in [1.82, 2.24) is 9.97 Å². The molecule has 1 aliphatic carbocycles. The monoisotopic (exact) mass is 249 g/mol. The molecule has 0 atom stereocenters. The largest absolute Gasteiger partial charge is 0.366 e. The fourth-order valence-electron chi connectivity index (χ4n) is 2.60. The molecule has 18 heavy (non-hydrogen) atoms. The van der Waals surface area contributed by atoms with Gasteiger partial charge in [-0.1, -0.05) is 27.7 Å². The van der Waals surface area contributed by atoms with Crippen LogP contribution in [0.4, 0.5) is 11.6 Å². The Kier molecular flexibility index (Phi) is 2.77. The second-order valence-electron chi connectivity index (χ2n) is 6.26. The van der Waals surface area contributed by atoms with Crippen molar-refractivity contribution in [3.63, 3.8) is 0 Å². The van der Waals surface area contributed by atoms with E-state index >= 15 is 0 Å². The van der Waals surface area contributed by atoms with Crippen molar-refractivity contribution in [3.8, 4) is 0 Å². The molecule has 1 saturated carbocycles. The first-order valence-corrected chi connectivity index (χ1v) is 6.30. The van der Waals surface area contributed by atoms with Crippen molar-refractivity contribution < 1.29 is 0 Å². The second-order valence-corrected chi connectivity index (χ2v) is 6.26. The number of nitrogens with two attached hydrogens (primary N) is 1. The third-order valence-electron chi connectivity index (χ3n) is 4.70. The van der Waals surface area contributed by atoms with E-state index in [1.165, 1.54) is 0 Å². The quantitative estimate of drug-likeness (QED) is 0.565. The summed E-state index contributed by atoms with van der Waals surface area (Å²) in [5.74, 6) is 7.74. The van der Waals surface area contributed by atoms with Crippen molar-refractivity contribution >= 4 is 11.6 Å². The number of hydrogen-bond acceptors (Lipinski definition) is 5. The molecule has 0 aromatic carbocycles. The van der Waals surface area contributed by atoms with E-state index in [9.17, 15) is 0 Å². The van der Waals surface area contributed by atoms with Gasteiger partial charge in [-0.05, 0) is 24.7 Å². The summed E-state index contributed by atoms with van der Waals surface area (Å²) in [5.41, 5.74) is 4.13. The lowest BCUT2D eigenvalue weighted by Crippen LogP contribution is -2.17. The molecule has 1 aromatic heterocycles. The van der Waals surface area contributed by atoms with Crippen molar-refractivity contribution in [3.05, 3.63) is 11.4 Å². The number of hydrogen-bond donors (Lipinski definition) is 3. The number of aromatic nitrogens is 2. The summed E-state index contributed by atoms with van der Waals surface area (Å²) in [7, 11) is 0. The van der Waals surface area contributed by atoms with Gasteiger partial charge in [0.1, 0.15) is 17.5 Å². The summed E-state index contributed by atoms with van der Waals surface area (Å²) in [6, 6.07) is 0.420. The van der Waals surface area contributed by atoms with Crippen LogP contribution in [0.3, 0.4) is 0 Å². The van der Waals surface area contributed by atoms with Crippen molar-refractivity contribution in [2.24, 2.45) is 16.7 Å². The molecule has 0 radical (unpaired) electrons. The maximum Gasteiger partial charge on any atom is 0.148 e. The molecular weight excluding hydrogens is 226 g/mol. The first-order valence-electron chi connectivity index (χ1n) is 6.30. The first-order chi connectivity index (χ1) is 8.21. The lowest BCUT2D eigenvalue weighted by atomic mass is 10.0. The van der Waals surface area contributed by atoms with E-state index in [-0.39, 0.29) is 10.8 Å². The van der Waals surface area contributed by atoms with Gasteiger partial charge in [0.05, 0.1) is 0 Å². The molecule has 0 aliphatic heterocycles. The standard InChI is InChI=1S/C13H23N5/c1-7-9(15-8(2)16-10(7)18-14)17-11-12(3,4)13(11,5)6/h11H,14H2,1-6H3,(H2,15,16,17,18). The van der Waals surface area contributed by atoms with Crippen LogP contribution < -0.4 is 16.6 Å². The lowest BCUT2D eigenvalue weighted by Gasteiger charge is -2.13. The molecule has 0 bridgehead atoms. The Morgan fingerprint density at radius 2 is 1.50 bits per heavy atom. The van der Waals surface area contributed by atoms with Crippen molar-refractivity contribution in [2.75, 3.05) is 10.7 Å². The number of nitrogens with zero attached hydrogens (tertiary/aromatic N) is 2. The van der Waals surface area contributed by atoms with Crippen LogP contribution >= 0.6 is 0 Å². The molecule has 5 heteroatoms. The van der Waals surface area contributed by atoms with Crippen LogP contribution in [0.25, 0.3) is 0 Å². The van der Waals surface area contributed by atoms with E-state index in [1.807, 2.05) is 13.8 Å².